The second-order valence-electron chi connectivity index (χ2n) is 6.39. The smallest absolute Gasteiger partial charge is 0.229 e. The minimum atomic E-state index is 0.538. The lowest BCUT2D eigenvalue weighted by molar-refractivity contribution is 0.687. The summed E-state index contributed by atoms with van der Waals surface area (Å²) in [6.07, 6.45) is 0. The number of hydrogen-bond acceptors (Lipinski definition) is 4. The average Bonchev–Trinajstić information content (AvgIpc) is 2.45. The fourth-order valence-corrected chi connectivity index (χ4v) is 2.10. The van der Waals surface area contributed by atoms with Crippen molar-refractivity contribution in [3.63, 3.8) is 0 Å². The molecule has 0 saturated carbocycles. The van der Waals surface area contributed by atoms with E-state index in [1.54, 1.807) is 0 Å². The first-order valence-electron chi connectivity index (χ1n) is 7.90. The van der Waals surface area contributed by atoms with E-state index in [2.05, 4.69) is 72.6 Å². The molecule has 118 valence electrons. The van der Waals surface area contributed by atoms with Gasteiger partial charge >= 0.3 is 0 Å². The van der Waals surface area contributed by atoms with Crippen LogP contribution >= 0.6 is 0 Å². The van der Waals surface area contributed by atoms with Gasteiger partial charge in [-0.05, 0) is 36.5 Å². The van der Waals surface area contributed by atoms with Crippen molar-refractivity contribution in [1.82, 2.24) is 9.97 Å². The first kappa shape index (κ1) is 16.3. The number of benzene rings is 1. The zero-order chi connectivity index (χ0) is 16.1. The van der Waals surface area contributed by atoms with Crippen LogP contribution in [0.3, 0.4) is 0 Å². The Hall–Kier alpha value is -2.10. The molecule has 0 saturated heterocycles. The lowest BCUT2D eigenvalue weighted by Gasteiger charge is -2.12. The van der Waals surface area contributed by atoms with Crippen LogP contribution in [0, 0.1) is 12.8 Å². The molecule has 4 heteroatoms. The molecule has 2 rings (SSSR count). The predicted molar refractivity (Wildman–Crippen MR) is 93.9 cm³/mol. The first-order chi connectivity index (χ1) is 10.4. The minimum absolute atomic E-state index is 0.538. The van der Waals surface area contributed by atoms with Crippen molar-refractivity contribution in [2.24, 2.45) is 5.92 Å². The molecule has 0 spiro atoms. The van der Waals surface area contributed by atoms with Crippen LogP contribution in [0.15, 0.2) is 30.3 Å². The standard InChI is InChI=1S/C18H26N4/c1-12(2)11-19-17-10-14(5)20-18(22-17)21-16-8-6-15(7-9-16)13(3)4/h6-10,12-13H,11H2,1-5H3,(H2,19,20,21,22). The van der Waals surface area contributed by atoms with Crippen LogP contribution < -0.4 is 10.6 Å². The molecular weight excluding hydrogens is 272 g/mol. The summed E-state index contributed by atoms with van der Waals surface area (Å²) >= 11 is 0. The van der Waals surface area contributed by atoms with Crippen molar-refractivity contribution in [2.45, 2.75) is 40.5 Å². The Morgan fingerprint density at radius 1 is 1.00 bits per heavy atom. The molecule has 0 aliphatic heterocycles. The summed E-state index contributed by atoms with van der Waals surface area (Å²) in [5.41, 5.74) is 3.28. The van der Waals surface area contributed by atoms with Gasteiger partial charge in [-0.2, -0.15) is 4.98 Å². The number of aryl methyl sites for hydroxylation is 1. The molecule has 2 N–H and O–H groups in total. The maximum absolute atomic E-state index is 4.53. The van der Waals surface area contributed by atoms with E-state index in [1.807, 2.05) is 13.0 Å². The second-order valence-corrected chi connectivity index (χ2v) is 6.39. The Labute approximate surface area is 133 Å². The summed E-state index contributed by atoms with van der Waals surface area (Å²) in [5.74, 6) is 2.61. The highest BCUT2D eigenvalue weighted by Gasteiger charge is 2.04. The highest BCUT2D eigenvalue weighted by Crippen LogP contribution is 2.20. The third kappa shape index (κ3) is 4.72. The molecular formula is C18H26N4. The van der Waals surface area contributed by atoms with E-state index in [4.69, 9.17) is 0 Å². The van der Waals surface area contributed by atoms with Crippen LogP contribution in [-0.2, 0) is 0 Å². The lowest BCUT2D eigenvalue weighted by atomic mass is 10.0. The topological polar surface area (TPSA) is 49.8 Å². The van der Waals surface area contributed by atoms with Gasteiger partial charge in [0, 0.05) is 24.0 Å². The lowest BCUT2D eigenvalue weighted by Crippen LogP contribution is -2.10. The van der Waals surface area contributed by atoms with E-state index in [9.17, 15) is 0 Å². The molecule has 1 aromatic carbocycles. The Morgan fingerprint density at radius 3 is 2.27 bits per heavy atom. The summed E-state index contributed by atoms with van der Waals surface area (Å²) in [5, 5.41) is 6.62. The fraction of sp³-hybridized carbons (Fsp3) is 0.444. The summed E-state index contributed by atoms with van der Waals surface area (Å²) in [6.45, 7) is 11.6. The van der Waals surface area contributed by atoms with Gasteiger partial charge in [-0.3, -0.25) is 0 Å². The normalized spacial score (nSPS) is 11.0. The second kappa shape index (κ2) is 7.25. The van der Waals surface area contributed by atoms with Crippen LogP contribution in [0.25, 0.3) is 0 Å². The van der Waals surface area contributed by atoms with Crippen molar-refractivity contribution >= 4 is 17.5 Å². The van der Waals surface area contributed by atoms with Crippen molar-refractivity contribution in [3.8, 4) is 0 Å². The van der Waals surface area contributed by atoms with E-state index in [0.29, 0.717) is 17.8 Å². The maximum atomic E-state index is 4.53. The molecule has 22 heavy (non-hydrogen) atoms. The van der Waals surface area contributed by atoms with E-state index in [-0.39, 0.29) is 0 Å². The fourth-order valence-electron chi connectivity index (χ4n) is 2.10. The Kier molecular flexibility index (Phi) is 5.36. The molecule has 0 unspecified atom stereocenters. The summed E-state index contributed by atoms with van der Waals surface area (Å²) in [7, 11) is 0. The van der Waals surface area contributed by atoms with Crippen molar-refractivity contribution in [3.05, 3.63) is 41.6 Å². The minimum Gasteiger partial charge on any atom is -0.370 e. The molecule has 0 fully saturated rings. The highest BCUT2D eigenvalue weighted by atomic mass is 15.1. The Morgan fingerprint density at radius 2 is 1.68 bits per heavy atom. The molecule has 0 aliphatic rings. The SMILES string of the molecule is Cc1cc(NCC(C)C)nc(Nc2ccc(C(C)C)cc2)n1. The van der Waals surface area contributed by atoms with Crippen LogP contribution in [0.4, 0.5) is 17.5 Å². The monoisotopic (exact) mass is 298 g/mol. The van der Waals surface area contributed by atoms with Crippen LogP contribution in [0.2, 0.25) is 0 Å². The van der Waals surface area contributed by atoms with Gasteiger partial charge in [-0.1, -0.05) is 39.8 Å². The first-order valence-corrected chi connectivity index (χ1v) is 7.90. The number of rotatable bonds is 6. The summed E-state index contributed by atoms with van der Waals surface area (Å²) in [4.78, 5) is 8.98. The zero-order valence-corrected chi connectivity index (χ0v) is 14.1. The number of hydrogen-bond donors (Lipinski definition) is 2. The van der Waals surface area contributed by atoms with E-state index in [0.717, 1.165) is 23.7 Å². The third-order valence-corrected chi connectivity index (χ3v) is 3.38. The number of nitrogens with one attached hydrogen (secondary N) is 2. The number of nitrogens with zero attached hydrogens (tertiary/aromatic N) is 2. The van der Waals surface area contributed by atoms with Gasteiger partial charge in [0.05, 0.1) is 0 Å². The van der Waals surface area contributed by atoms with Gasteiger partial charge in [0.2, 0.25) is 5.95 Å². The van der Waals surface area contributed by atoms with Crippen LogP contribution in [0.5, 0.6) is 0 Å². The zero-order valence-electron chi connectivity index (χ0n) is 14.1. The van der Waals surface area contributed by atoms with Gasteiger partial charge in [-0.25, -0.2) is 4.98 Å². The highest BCUT2D eigenvalue weighted by molar-refractivity contribution is 5.55. The van der Waals surface area contributed by atoms with Crippen molar-refractivity contribution in [1.29, 1.82) is 0 Å². The van der Waals surface area contributed by atoms with E-state index < -0.39 is 0 Å². The molecule has 1 aromatic heterocycles. The predicted octanol–water partition coefficient (Wildman–Crippen LogP) is 4.72. The number of aromatic nitrogens is 2. The molecule has 2 aromatic rings. The van der Waals surface area contributed by atoms with Gasteiger partial charge in [0.15, 0.2) is 0 Å². The molecule has 0 amide bonds. The molecule has 0 aliphatic carbocycles. The molecule has 0 bridgehead atoms. The van der Waals surface area contributed by atoms with Crippen molar-refractivity contribution in [2.75, 3.05) is 17.2 Å². The molecule has 4 nitrogen and oxygen atoms in total. The quantitative estimate of drug-likeness (QED) is 0.810. The van der Waals surface area contributed by atoms with Crippen LogP contribution in [0.1, 0.15) is 44.9 Å². The Bertz CT molecular complexity index is 603. The van der Waals surface area contributed by atoms with E-state index in [1.165, 1.54) is 5.56 Å². The van der Waals surface area contributed by atoms with E-state index >= 15 is 0 Å². The molecule has 0 atom stereocenters. The molecule has 0 radical (unpaired) electrons. The third-order valence-electron chi connectivity index (χ3n) is 3.38. The van der Waals surface area contributed by atoms with Gasteiger partial charge < -0.3 is 10.6 Å². The average molecular weight is 298 g/mol. The van der Waals surface area contributed by atoms with Crippen LogP contribution in [-0.4, -0.2) is 16.5 Å². The summed E-state index contributed by atoms with van der Waals surface area (Å²) in [6, 6.07) is 10.4. The summed E-state index contributed by atoms with van der Waals surface area (Å²) < 4.78 is 0. The number of anilines is 3. The van der Waals surface area contributed by atoms with Gasteiger partial charge in [0.1, 0.15) is 5.82 Å². The maximum Gasteiger partial charge on any atom is 0.229 e. The largest absolute Gasteiger partial charge is 0.370 e. The Balaban J connectivity index is 2.11. The van der Waals surface area contributed by atoms with Crippen molar-refractivity contribution < 1.29 is 0 Å². The van der Waals surface area contributed by atoms with Gasteiger partial charge in [0.25, 0.3) is 0 Å². The molecule has 1 heterocycles. The van der Waals surface area contributed by atoms with Gasteiger partial charge in [-0.15, -0.1) is 0 Å².